The first-order valence-corrected chi connectivity index (χ1v) is 8.33. The Labute approximate surface area is 149 Å². The number of hydrogen-bond donors (Lipinski definition) is 1. The van der Waals surface area contributed by atoms with Crippen molar-refractivity contribution in [3.05, 3.63) is 42.0 Å². The third kappa shape index (κ3) is 5.77. The molecule has 1 aromatic carbocycles. The monoisotopic (exact) mass is 345 g/mol. The number of aromatic nitrogens is 2. The quantitative estimate of drug-likeness (QED) is 0.640. The highest BCUT2D eigenvalue weighted by atomic mass is 16.5. The highest BCUT2D eigenvalue weighted by molar-refractivity contribution is 5.79. The molecule has 0 atom stereocenters. The van der Waals surface area contributed by atoms with E-state index in [4.69, 9.17) is 9.26 Å². The fraction of sp³-hybridized carbons (Fsp3) is 0.500. The predicted octanol–water partition coefficient (Wildman–Crippen LogP) is 2.45. The van der Waals surface area contributed by atoms with Crippen LogP contribution in [0.25, 0.3) is 0 Å². The summed E-state index contributed by atoms with van der Waals surface area (Å²) >= 11 is 0. The summed E-state index contributed by atoms with van der Waals surface area (Å²) in [6.45, 7) is 7.84. The summed E-state index contributed by atoms with van der Waals surface area (Å²) in [5, 5.41) is 7.24. The number of benzene rings is 1. The van der Waals surface area contributed by atoms with E-state index in [-0.39, 0.29) is 5.41 Å². The molecule has 2 rings (SSSR count). The zero-order valence-electron chi connectivity index (χ0n) is 15.6. The third-order valence-corrected chi connectivity index (χ3v) is 3.53. The first-order chi connectivity index (χ1) is 11.9. The Kier molecular flexibility index (Phi) is 6.38. The molecule has 25 heavy (non-hydrogen) atoms. The number of para-hydroxylation sites is 1. The van der Waals surface area contributed by atoms with Crippen LogP contribution in [-0.2, 0) is 12.0 Å². The summed E-state index contributed by atoms with van der Waals surface area (Å²) in [4.78, 5) is 10.7. The fourth-order valence-corrected chi connectivity index (χ4v) is 2.10. The maximum absolute atomic E-state index is 5.71. The summed E-state index contributed by atoms with van der Waals surface area (Å²) in [5.74, 6) is 2.85. The van der Waals surface area contributed by atoms with Gasteiger partial charge in [0, 0.05) is 19.5 Å². The van der Waals surface area contributed by atoms with Crippen molar-refractivity contribution >= 4 is 5.96 Å². The minimum Gasteiger partial charge on any atom is -0.492 e. The fourth-order valence-electron chi connectivity index (χ4n) is 2.10. The zero-order chi connectivity index (χ0) is 18.3. The zero-order valence-corrected chi connectivity index (χ0v) is 15.6. The Balaban J connectivity index is 1.80. The van der Waals surface area contributed by atoms with Gasteiger partial charge in [-0.3, -0.25) is 4.99 Å². The van der Waals surface area contributed by atoms with Crippen molar-refractivity contribution in [2.24, 2.45) is 4.99 Å². The average Bonchev–Trinajstić information content (AvgIpc) is 3.06. The average molecular weight is 345 g/mol. The van der Waals surface area contributed by atoms with E-state index >= 15 is 0 Å². The van der Waals surface area contributed by atoms with Gasteiger partial charge in [0.15, 0.2) is 11.8 Å². The molecule has 0 fully saturated rings. The summed E-state index contributed by atoms with van der Waals surface area (Å²) in [5.41, 5.74) is -0.154. The van der Waals surface area contributed by atoms with E-state index in [0.717, 1.165) is 11.7 Å². The molecule has 0 saturated heterocycles. The SMILES string of the molecule is CN=C(NCc1noc(C(C)(C)C)n1)N(C)CCOc1ccccc1. The molecule has 0 radical (unpaired) electrons. The van der Waals surface area contributed by atoms with Crippen molar-refractivity contribution < 1.29 is 9.26 Å². The van der Waals surface area contributed by atoms with Crippen LogP contribution in [0, 0.1) is 0 Å². The molecule has 0 bridgehead atoms. The second-order valence-corrected chi connectivity index (χ2v) is 6.75. The Morgan fingerprint density at radius 3 is 2.60 bits per heavy atom. The second-order valence-electron chi connectivity index (χ2n) is 6.75. The number of guanidine groups is 1. The van der Waals surface area contributed by atoms with Crippen LogP contribution in [0.2, 0.25) is 0 Å². The first kappa shape index (κ1) is 18.8. The van der Waals surface area contributed by atoms with E-state index in [1.54, 1.807) is 7.05 Å². The lowest BCUT2D eigenvalue weighted by atomic mass is 9.97. The standard InChI is InChI=1S/C18H27N5O2/c1-18(2,3)16-21-15(22-25-16)13-20-17(19-4)23(5)11-12-24-14-9-7-6-8-10-14/h6-10H,11-13H2,1-5H3,(H,19,20). The van der Waals surface area contributed by atoms with Gasteiger partial charge < -0.3 is 19.5 Å². The van der Waals surface area contributed by atoms with Gasteiger partial charge in [0.1, 0.15) is 12.4 Å². The maximum Gasteiger partial charge on any atom is 0.232 e. The van der Waals surface area contributed by atoms with Gasteiger partial charge in [0.05, 0.1) is 13.1 Å². The molecule has 0 spiro atoms. The van der Waals surface area contributed by atoms with Gasteiger partial charge in [-0.25, -0.2) is 0 Å². The van der Waals surface area contributed by atoms with Gasteiger partial charge in [-0.15, -0.1) is 0 Å². The highest BCUT2D eigenvalue weighted by Crippen LogP contribution is 2.19. The Morgan fingerprint density at radius 1 is 1.28 bits per heavy atom. The van der Waals surface area contributed by atoms with E-state index in [9.17, 15) is 0 Å². The molecule has 2 aromatic rings. The van der Waals surface area contributed by atoms with E-state index < -0.39 is 0 Å². The molecule has 136 valence electrons. The number of aliphatic imine (C=N–C) groups is 1. The van der Waals surface area contributed by atoms with Crippen LogP contribution in [0.3, 0.4) is 0 Å². The van der Waals surface area contributed by atoms with Crippen molar-refractivity contribution in [3.8, 4) is 5.75 Å². The van der Waals surface area contributed by atoms with E-state index in [2.05, 4.69) is 20.4 Å². The van der Waals surface area contributed by atoms with Crippen molar-refractivity contribution in [2.75, 3.05) is 27.2 Å². The lowest BCUT2D eigenvalue weighted by molar-refractivity contribution is 0.281. The third-order valence-electron chi connectivity index (χ3n) is 3.53. The molecule has 1 N–H and O–H groups in total. The molecule has 0 aliphatic heterocycles. The van der Waals surface area contributed by atoms with Crippen LogP contribution in [0.15, 0.2) is 39.8 Å². The molecule has 7 nitrogen and oxygen atoms in total. The molecular formula is C18H27N5O2. The normalized spacial score (nSPS) is 12.1. The van der Waals surface area contributed by atoms with Gasteiger partial charge in [0.25, 0.3) is 0 Å². The van der Waals surface area contributed by atoms with Crippen LogP contribution in [0.4, 0.5) is 0 Å². The number of nitrogens with one attached hydrogen (secondary N) is 1. The molecular weight excluding hydrogens is 318 g/mol. The lowest BCUT2D eigenvalue weighted by Crippen LogP contribution is -2.40. The number of hydrogen-bond acceptors (Lipinski definition) is 5. The molecule has 7 heteroatoms. The number of ether oxygens (including phenoxy) is 1. The Hall–Kier alpha value is -2.57. The van der Waals surface area contributed by atoms with Gasteiger partial charge in [0.2, 0.25) is 5.89 Å². The number of rotatable bonds is 6. The number of nitrogens with zero attached hydrogens (tertiary/aromatic N) is 4. The van der Waals surface area contributed by atoms with Crippen molar-refractivity contribution in [3.63, 3.8) is 0 Å². The molecule has 0 aliphatic rings. The molecule has 0 unspecified atom stereocenters. The minimum absolute atomic E-state index is 0.154. The highest BCUT2D eigenvalue weighted by Gasteiger charge is 2.21. The summed E-state index contributed by atoms with van der Waals surface area (Å²) in [7, 11) is 3.70. The van der Waals surface area contributed by atoms with Crippen molar-refractivity contribution in [1.82, 2.24) is 20.4 Å². The summed E-state index contributed by atoms with van der Waals surface area (Å²) in [6.07, 6.45) is 0. The van der Waals surface area contributed by atoms with Gasteiger partial charge in [-0.05, 0) is 12.1 Å². The minimum atomic E-state index is -0.154. The molecule has 1 heterocycles. The predicted molar refractivity (Wildman–Crippen MR) is 97.8 cm³/mol. The second kappa shape index (κ2) is 8.50. The van der Waals surface area contributed by atoms with Gasteiger partial charge >= 0.3 is 0 Å². The first-order valence-electron chi connectivity index (χ1n) is 8.33. The topological polar surface area (TPSA) is 75.8 Å². The van der Waals surface area contributed by atoms with Crippen LogP contribution >= 0.6 is 0 Å². The molecule has 0 amide bonds. The van der Waals surface area contributed by atoms with E-state index in [1.807, 2.05) is 63.1 Å². The molecule has 1 aromatic heterocycles. The lowest BCUT2D eigenvalue weighted by Gasteiger charge is -2.21. The van der Waals surface area contributed by atoms with Crippen LogP contribution < -0.4 is 10.1 Å². The molecule has 0 saturated carbocycles. The Bertz CT molecular complexity index is 676. The van der Waals surface area contributed by atoms with Gasteiger partial charge in [-0.1, -0.05) is 44.1 Å². The summed E-state index contributed by atoms with van der Waals surface area (Å²) in [6, 6.07) is 9.76. The van der Waals surface area contributed by atoms with E-state index in [1.165, 1.54) is 0 Å². The van der Waals surface area contributed by atoms with Crippen LogP contribution in [0.1, 0.15) is 32.5 Å². The smallest absolute Gasteiger partial charge is 0.232 e. The Morgan fingerprint density at radius 2 is 2.00 bits per heavy atom. The van der Waals surface area contributed by atoms with Crippen molar-refractivity contribution in [1.29, 1.82) is 0 Å². The number of likely N-dealkylation sites (N-methyl/N-ethyl adjacent to an activating group) is 1. The molecule has 0 aliphatic carbocycles. The maximum atomic E-state index is 5.71. The summed E-state index contributed by atoms with van der Waals surface area (Å²) < 4.78 is 11.0. The largest absolute Gasteiger partial charge is 0.492 e. The van der Waals surface area contributed by atoms with E-state index in [0.29, 0.717) is 31.4 Å². The van der Waals surface area contributed by atoms with Crippen LogP contribution in [0.5, 0.6) is 5.75 Å². The van der Waals surface area contributed by atoms with Gasteiger partial charge in [-0.2, -0.15) is 4.98 Å². The van der Waals surface area contributed by atoms with Crippen molar-refractivity contribution in [2.45, 2.75) is 32.7 Å². The van der Waals surface area contributed by atoms with Crippen LogP contribution in [-0.4, -0.2) is 48.2 Å².